The number of carbonyl (C=O) groups is 1. The van der Waals surface area contributed by atoms with Gasteiger partial charge in [0.05, 0.1) is 0 Å². The largest absolute Gasteiger partial charge is 0.479 e. The fourth-order valence-electron chi connectivity index (χ4n) is 0.813. The standard InChI is InChI=1S/C8H8FNO2/c9-7(8(11)12)5-6-1-3-10-4-2-6/h1-4,7H,5H2,(H,11,12). The summed E-state index contributed by atoms with van der Waals surface area (Å²) >= 11 is 0. The molecule has 64 valence electrons. The van der Waals surface area contributed by atoms with E-state index >= 15 is 0 Å². The first kappa shape index (κ1) is 8.64. The second-order valence-corrected chi connectivity index (χ2v) is 2.37. The lowest BCUT2D eigenvalue weighted by Gasteiger charge is -2.01. The van der Waals surface area contributed by atoms with Gasteiger partial charge in [0.2, 0.25) is 6.17 Å². The van der Waals surface area contributed by atoms with Crippen LogP contribution < -0.4 is 0 Å². The van der Waals surface area contributed by atoms with Crippen LogP contribution in [0.3, 0.4) is 0 Å². The third-order valence-electron chi connectivity index (χ3n) is 1.43. The first-order chi connectivity index (χ1) is 5.70. The minimum absolute atomic E-state index is 0.0994. The Labute approximate surface area is 68.9 Å². The van der Waals surface area contributed by atoms with E-state index < -0.39 is 12.1 Å². The fourth-order valence-corrected chi connectivity index (χ4v) is 0.813. The average Bonchev–Trinajstić information content (AvgIpc) is 2.06. The number of hydrogen-bond donors (Lipinski definition) is 1. The van der Waals surface area contributed by atoms with E-state index in [4.69, 9.17) is 5.11 Å². The summed E-state index contributed by atoms with van der Waals surface area (Å²) in [5, 5.41) is 8.25. The lowest BCUT2D eigenvalue weighted by atomic mass is 10.1. The molecule has 1 aromatic heterocycles. The van der Waals surface area contributed by atoms with Crippen molar-refractivity contribution >= 4 is 5.97 Å². The first-order valence-corrected chi connectivity index (χ1v) is 3.46. The quantitative estimate of drug-likeness (QED) is 0.735. The molecule has 3 nitrogen and oxygen atoms in total. The predicted molar refractivity (Wildman–Crippen MR) is 40.5 cm³/mol. The normalized spacial score (nSPS) is 12.4. The second kappa shape index (κ2) is 3.80. The molecule has 0 aliphatic carbocycles. The van der Waals surface area contributed by atoms with Crippen LogP contribution in [0.25, 0.3) is 0 Å². The zero-order valence-electron chi connectivity index (χ0n) is 6.27. The number of carboxylic acid groups (broad SMARTS) is 1. The van der Waals surface area contributed by atoms with Crippen molar-refractivity contribution in [2.24, 2.45) is 0 Å². The topological polar surface area (TPSA) is 50.2 Å². The van der Waals surface area contributed by atoms with Crippen LogP contribution in [0.15, 0.2) is 24.5 Å². The smallest absolute Gasteiger partial charge is 0.338 e. The van der Waals surface area contributed by atoms with E-state index in [1.54, 1.807) is 12.1 Å². The molecule has 1 aromatic rings. The molecule has 0 radical (unpaired) electrons. The van der Waals surface area contributed by atoms with Gasteiger partial charge in [-0.2, -0.15) is 0 Å². The molecule has 1 N–H and O–H groups in total. The van der Waals surface area contributed by atoms with Crippen molar-refractivity contribution in [3.05, 3.63) is 30.1 Å². The number of pyridine rings is 1. The Kier molecular flexibility index (Phi) is 2.74. The lowest BCUT2D eigenvalue weighted by molar-refractivity contribution is -0.142. The monoisotopic (exact) mass is 169 g/mol. The van der Waals surface area contributed by atoms with E-state index in [1.165, 1.54) is 12.4 Å². The summed E-state index contributed by atoms with van der Waals surface area (Å²) in [6, 6.07) is 3.19. The van der Waals surface area contributed by atoms with Crippen LogP contribution in [-0.4, -0.2) is 22.2 Å². The van der Waals surface area contributed by atoms with Gasteiger partial charge in [-0.1, -0.05) is 0 Å². The van der Waals surface area contributed by atoms with Crippen molar-refractivity contribution in [1.29, 1.82) is 0 Å². The fraction of sp³-hybridized carbons (Fsp3) is 0.250. The highest BCUT2D eigenvalue weighted by Gasteiger charge is 2.15. The maximum absolute atomic E-state index is 12.6. The SMILES string of the molecule is O=C(O)C(F)Cc1ccncc1. The molecule has 0 aliphatic rings. The van der Waals surface area contributed by atoms with Gasteiger partial charge in [-0.25, -0.2) is 9.18 Å². The summed E-state index contributed by atoms with van der Waals surface area (Å²) in [5.41, 5.74) is 0.639. The molecular formula is C8H8FNO2. The summed E-state index contributed by atoms with van der Waals surface area (Å²) in [4.78, 5) is 13.8. The zero-order valence-corrected chi connectivity index (χ0v) is 6.27. The summed E-state index contributed by atoms with van der Waals surface area (Å²) < 4.78 is 12.6. The molecule has 1 unspecified atom stereocenters. The van der Waals surface area contributed by atoms with Gasteiger partial charge in [-0.3, -0.25) is 4.98 Å². The summed E-state index contributed by atoms with van der Waals surface area (Å²) in [6.07, 6.45) is 1.08. The molecule has 0 amide bonds. The van der Waals surface area contributed by atoms with E-state index in [9.17, 15) is 9.18 Å². The highest BCUT2D eigenvalue weighted by atomic mass is 19.1. The molecular weight excluding hydrogens is 161 g/mol. The van der Waals surface area contributed by atoms with Gasteiger partial charge in [-0.15, -0.1) is 0 Å². The Bertz CT molecular complexity index is 263. The minimum atomic E-state index is -1.83. The van der Waals surface area contributed by atoms with E-state index in [-0.39, 0.29) is 6.42 Å². The molecule has 1 rings (SSSR count). The number of hydrogen-bond acceptors (Lipinski definition) is 2. The highest BCUT2D eigenvalue weighted by Crippen LogP contribution is 2.04. The summed E-state index contributed by atoms with van der Waals surface area (Å²) in [5.74, 6) is -1.42. The Balaban J connectivity index is 2.58. The molecule has 0 bridgehead atoms. The number of alkyl halides is 1. The number of halogens is 1. The summed E-state index contributed by atoms with van der Waals surface area (Å²) in [7, 11) is 0. The van der Waals surface area contributed by atoms with Crippen LogP contribution >= 0.6 is 0 Å². The predicted octanol–water partition coefficient (Wildman–Crippen LogP) is 1.05. The first-order valence-electron chi connectivity index (χ1n) is 3.46. The van der Waals surface area contributed by atoms with Gasteiger partial charge in [0.1, 0.15) is 0 Å². The molecule has 12 heavy (non-hydrogen) atoms. The molecule has 0 saturated carbocycles. The molecule has 1 heterocycles. The Morgan fingerprint density at radius 2 is 2.17 bits per heavy atom. The van der Waals surface area contributed by atoms with Crippen molar-refractivity contribution < 1.29 is 14.3 Å². The van der Waals surface area contributed by atoms with Gasteiger partial charge in [-0.05, 0) is 17.7 Å². The van der Waals surface area contributed by atoms with E-state index in [0.29, 0.717) is 5.56 Å². The van der Waals surface area contributed by atoms with Crippen LogP contribution in [0.5, 0.6) is 0 Å². The Morgan fingerprint density at radius 3 is 2.67 bits per heavy atom. The van der Waals surface area contributed by atoms with E-state index in [1.807, 2.05) is 0 Å². The number of aliphatic carboxylic acids is 1. The third-order valence-corrected chi connectivity index (χ3v) is 1.43. The maximum Gasteiger partial charge on any atom is 0.338 e. The van der Waals surface area contributed by atoms with Gasteiger partial charge in [0, 0.05) is 18.8 Å². The van der Waals surface area contributed by atoms with Crippen molar-refractivity contribution in [1.82, 2.24) is 4.98 Å². The minimum Gasteiger partial charge on any atom is -0.479 e. The van der Waals surface area contributed by atoms with Crippen LogP contribution in [0, 0.1) is 0 Å². The van der Waals surface area contributed by atoms with Crippen LogP contribution in [0.1, 0.15) is 5.56 Å². The molecule has 0 aliphatic heterocycles. The molecule has 0 fully saturated rings. The van der Waals surface area contributed by atoms with E-state index in [2.05, 4.69) is 4.98 Å². The van der Waals surface area contributed by atoms with Gasteiger partial charge < -0.3 is 5.11 Å². The molecule has 1 atom stereocenters. The van der Waals surface area contributed by atoms with Crippen LogP contribution in [-0.2, 0) is 11.2 Å². The number of aromatic nitrogens is 1. The lowest BCUT2D eigenvalue weighted by Crippen LogP contribution is -2.17. The molecule has 4 heteroatoms. The molecule has 0 saturated heterocycles. The number of nitrogens with zero attached hydrogens (tertiary/aromatic N) is 1. The van der Waals surface area contributed by atoms with Crippen molar-refractivity contribution in [3.8, 4) is 0 Å². The maximum atomic E-state index is 12.6. The summed E-state index contributed by atoms with van der Waals surface area (Å²) in [6.45, 7) is 0. The highest BCUT2D eigenvalue weighted by molar-refractivity contribution is 5.72. The third kappa shape index (κ3) is 2.30. The molecule has 0 aromatic carbocycles. The Morgan fingerprint density at radius 1 is 1.58 bits per heavy atom. The average molecular weight is 169 g/mol. The number of rotatable bonds is 3. The van der Waals surface area contributed by atoms with Gasteiger partial charge >= 0.3 is 5.97 Å². The number of carboxylic acids is 1. The van der Waals surface area contributed by atoms with Crippen LogP contribution in [0.4, 0.5) is 4.39 Å². The van der Waals surface area contributed by atoms with Crippen molar-refractivity contribution in [2.75, 3.05) is 0 Å². The molecule has 0 spiro atoms. The van der Waals surface area contributed by atoms with E-state index in [0.717, 1.165) is 0 Å². The van der Waals surface area contributed by atoms with Gasteiger partial charge in [0.15, 0.2) is 0 Å². The van der Waals surface area contributed by atoms with Crippen molar-refractivity contribution in [2.45, 2.75) is 12.6 Å². The zero-order chi connectivity index (χ0) is 8.97. The van der Waals surface area contributed by atoms with Gasteiger partial charge in [0.25, 0.3) is 0 Å². The Hall–Kier alpha value is -1.45. The van der Waals surface area contributed by atoms with Crippen molar-refractivity contribution in [3.63, 3.8) is 0 Å². The van der Waals surface area contributed by atoms with Crippen LogP contribution in [0.2, 0.25) is 0 Å². The second-order valence-electron chi connectivity index (χ2n) is 2.37.